The van der Waals surface area contributed by atoms with Crippen LogP contribution in [0.15, 0.2) is 12.2 Å². The summed E-state index contributed by atoms with van der Waals surface area (Å²) in [4.78, 5) is 0. The molecule has 0 unspecified atom stereocenters. The van der Waals surface area contributed by atoms with Crippen LogP contribution >= 0.6 is 0 Å². The van der Waals surface area contributed by atoms with Crippen LogP contribution in [0.3, 0.4) is 0 Å². The van der Waals surface area contributed by atoms with Gasteiger partial charge in [-0.3, -0.25) is 0 Å². The Labute approximate surface area is 139 Å². The van der Waals surface area contributed by atoms with E-state index in [0.717, 1.165) is 44.1 Å². The van der Waals surface area contributed by atoms with E-state index >= 15 is 0 Å². The molecule has 0 saturated heterocycles. The summed E-state index contributed by atoms with van der Waals surface area (Å²) in [5.74, 6) is 1.03. The molecule has 0 amide bonds. The summed E-state index contributed by atoms with van der Waals surface area (Å²) in [7, 11) is 0. The van der Waals surface area contributed by atoms with Crippen molar-refractivity contribution in [3.05, 3.63) is 12.2 Å². The van der Waals surface area contributed by atoms with E-state index in [-0.39, 0.29) is 28.8 Å². The maximum absolute atomic E-state index is 11.1. The molecule has 0 aromatic carbocycles. The van der Waals surface area contributed by atoms with Crippen LogP contribution in [0.5, 0.6) is 0 Å². The molecule has 3 nitrogen and oxygen atoms in total. The first-order chi connectivity index (χ1) is 10.8. The van der Waals surface area contributed by atoms with Gasteiger partial charge >= 0.3 is 0 Å². The molecule has 1 spiro atoms. The SMILES string of the molecule is C=C1[C@@H]2CC[C@H]3[C@]4(C)CCC[C@](C)(CO)[C@H]4[C@@H](O)C[C@]3(C2)[C@H]1O. The number of rotatable bonds is 1. The zero-order chi connectivity index (χ0) is 16.6. The predicted molar refractivity (Wildman–Crippen MR) is 89.7 cm³/mol. The number of fused-ring (bicyclic) bond motifs is 3. The van der Waals surface area contributed by atoms with Crippen LogP contribution in [0.1, 0.15) is 58.8 Å². The standard InChI is InChI=1S/C20H32O3/c1-12-13-5-6-15-19(3)8-4-7-18(2,11-21)16(19)14(22)10-20(15,9-13)17(12)23/h13-17,21-23H,1,4-11H2,2-3H3/t13-,14+,15+,16-,17+,18-,19+,20+/m1/s1. The summed E-state index contributed by atoms with van der Waals surface area (Å²) >= 11 is 0. The molecule has 4 aliphatic carbocycles. The molecule has 0 aliphatic heterocycles. The third kappa shape index (κ3) is 1.82. The highest BCUT2D eigenvalue weighted by Gasteiger charge is 2.68. The third-order valence-corrected chi connectivity index (χ3v) is 8.60. The van der Waals surface area contributed by atoms with E-state index in [1.807, 2.05) is 0 Å². The second-order valence-electron chi connectivity index (χ2n) is 9.66. The average Bonchev–Trinajstić information content (AvgIpc) is 2.67. The van der Waals surface area contributed by atoms with Gasteiger partial charge in [-0.25, -0.2) is 0 Å². The zero-order valence-corrected chi connectivity index (χ0v) is 14.6. The van der Waals surface area contributed by atoms with Gasteiger partial charge in [-0.1, -0.05) is 26.8 Å². The van der Waals surface area contributed by atoms with Crippen molar-refractivity contribution in [2.24, 2.45) is 34.0 Å². The number of aliphatic hydroxyl groups excluding tert-OH is 3. The van der Waals surface area contributed by atoms with Gasteiger partial charge in [0.1, 0.15) is 0 Å². The second-order valence-corrected chi connectivity index (χ2v) is 9.66. The van der Waals surface area contributed by atoms with Gasteiger partial charge in [0.25, 0.3) is 0 Å². The predicted octanol–water partition coefficient (Wildman–Crippen LogP) is 2.89. The van der Waals surface area contributed by atoms with Gasteiger partial charge in [-0.2, -0.15) is 0 Å². The summed E-state index contributed by atoms with van der Waals surface area (Å²) < 4.78 is 0. The Morgan fingerprint density at radius 1 is 1.13 bits per heavy atom. The second kappa shape index (κ2) is 4.83. The Balaban J connectivity index is 1.81. The van der Waals surface area contributed by atoms with Crippen LogP contribution in [0, 0.1) is 34.0 Å². The van der Waals surface area contributed by atoms with Gasteiger partial charge < -0.3 is 15.3 Å². The van der Waals surface area contributed by atoms with Crippen molar-refractivity contribution in [2.45, 2.75) is 71.0 Å². The Bertz CT molecular complexity index is 531. The minimum atomic E-state index is -0.449. The molecule has 3 heteroatoms. The minimum absolute atomic E-state index is 0.0178. The molecule has 0 heterocycles. The van der Waals surface area contributed by atoms with Crippen molar-refractivity contribution < 1.29 is 15.3 Å². The van der Waals surface area contributed by atoms with Gasteiger partial charge in [-0.05, 0) is 72.7 Å². The normalized spacial score (nSPS) is 58.7. The van der Waals surface area contributed by atoms with Gasteiger partial charge in [0, 0.05) is 12.0 Å². The van der Waals surface area contributed by atoms with E-state index in [9.17, 15) is 15.3 Å². The summed E-state index contributed by atoms with van der Waals surface area (Å²) in [6, 6.07) is 0. The maximum atomic E-state index is 11.1. The summed E-state index contributed by atoms with van der Waals surface area (Å²) in [5.41, 5.74) is 0.677. The molecule has 3 N–H and O–H groups in total. The van der Waals surface area contributed by atoms with Crippen LogP contribution in [-0.4, -0.2) is 34.1 Å². The highest BCUT2D eigenvalue weighted by molar-refractivity contribution is 5.28. The smallest absolute Gasteiger partial charge is 0.0810 e. The fourth-order valence-electron chi connectivity index (χ4n) is 7.85. The van der Waals surface area contributed by atoms with Crippen LogP contribution in [0.25, 0.3) is 0 Å². The van der Waals surface area contributed by atoms with Crippen molar-refractivity contribution in [3.8, 4) is 0 Å². The third-order valence-electron chi connectivity index (χ3n) is 8.60. The Kier molecular flexibility index (Phi) is 3.38. The van der Waals surface area contributed by atoms with Gasteiger partial charge in [-0.15, -0.1) is 0 Å². The lowest BCUT2D eigenvalue weighted by atomic mass is 9.40. The first-order valence-electron chi connectivity index (χ1n) is 9.44. The van der Waals surface area contributed by atoms with Gasteiger partial charge in [0.15, 0.2) is 0 Å². The molecule has 4 fully saturated rings. The fraction of sp³-hybridized carbons (Fsp3) is 0.900. The minimum Gasteiger partial charge on any atom is -0.396 e. The van der Waals surface area contributed by atoms with Crippen LogP contribution in [0.4, 0.5) is 0 Å². The lowest BCUT2D eigenvalue weighted by Gasteiger charge is -2.65. The van der Waals surface area contributed by atoms with E-state index < -0.39 is 12.2 Å². The van der Waals surface area contributed by atoms with Gasteiger partial charge in [0.2, 0.25) is 0 Å². The lowest BCUT2D eigenvalue weighted by molar-refractivity contribution is -0.223. The lowest BCUT2D eigenvalue weighted by Crippen LogP contribution is -2.64. The summed E-state index contributed by atoms with van der Waals surface area (Å²) in [6.07, 6.45) is 6.32. The molecule has 0 radical (unpaired) electrons. The first kappa shape index (κ1) is 16.1. The van der Waals surface area contributed by atoms with E-state index in [0.29, 0.717) is 18.3 Å². The van der Waals surface area contributed by atoms with Crippen molar-refractivity contribution >= 4 is 0 Å². The number of hydrogen-bond acceptors (Lipinski definition) is 3. The van der Waals surface area contributed by atoms with Crippen molar-refractivity contribution in [3.63, 3.8) is 0 Å². The molecule has 130 valence electrons. The molecule has 0 aromatic rings. The fourth-order valence-corrected chi connectivity index (χ4v) is 7.85. The van der Waals surface area contributed by atoms with E-state index in [1.54, 1.807) is 0 Å². The molecular formula is C20H32O3. The first-order valence-corrected chi connectivity index (χ1v) is 9.44. The molecule has 8 atom stereocenters. The van der Waals surface area contributed by atoms with E-state index in [1.165, 1.54) is 0 Å². The number of hydrogen-bond donors (Lipinski definition) is 3. The maximum Gasteiger partial charge on any atom is 0.0810 e. The van der Waals surface area contributed by atoms with Crippen molar-refractivity contribution in [1.82, 2.24) is 0 Å². The molecule has 4 saturated carbocycles. The topological polar surface area (TPSA) is 60.7 Å². The van der Waals surface area contributed by atoms with Crippen LogP contribution < -0.4 is 0 Å². The molecule has 4 rings (SSSR count). The zero-order valence-electron chi connectivity index (χ0n) is 14.6. The highest BCUT2D eigenvalue weighted by Crippen LogP contribution is 2.71. The molecular weight excluding hydrogens is 288 g/mol. The van der Waals surface area contributed by atoms with Crippen LogP contribution in [-0.2, 0) is 0 Å². The largest absolute Gasteiger partial charge is 0.396 e. The summed E-state index contributed by atoms with van der Waals surface area (Å²) in [6.45, 7) is 8.84. The quantitative estimate of drug-likeness (QED) is 0.651. The van der Waals surface area contributed by atoms with Crippen LogP contribution in [0.2, 0.25) is 0 Å². The highest BCUT2D eigenvalue weighted by atomic mass is 16.3. The Morgan fingerprint density at radius 3 is 2.57 bits per heavy atom. The summed E-state index contributed by atoms with van der Waals surface area (Å²) in [5, 5.41) is 32.2. The van der Waals surface area contributed by atoms with Crippen molar-refractivity contribution in [1.29, 1.82) is 0 Å². The molecule has 2 bridgehead atoms. The van der Waals surface area contributed by atoms with Crippen molar-refractivity contribution in [2.75, 3.05) is 6.61 Å². The van der Waals surface area contributed by atoms with Gasteiger partial charge in [0.05, 0.1) is 12.2 Å². The molecule has 0 aromatic heterocycles. The average molecular weight is 320 g/mol. The number of aliphatic hydroxyl groups is 3. The Morgan fingerprint density at radius 2 is 1.87 bits per heavy atom. The Hall–Kier alpha value is -0.380. The monoisotopic (exact) mass is 320 g/mol. The molecule has 23 heavy (non-hydrogen) atoms. The molecule has 4 aliphatic rings. The van der Waals surface area contributed by atoms with E-state index in [2.05, 4.69) is 20.4 Å². The van der Waals surface area contributed by atoms with E-state index in [4.69, 9.17) is 0 Å².